The van der Waals surface area contributed by atoms with Crippen molar-refractivity contribution in [1.29, 1.82) is 5.26 Å². The van der Waals surface area contributed by atoms with E-state index < -0.39 is 20.6 Å². The summed E-state index contributed by atoms with van der Waals surface area (Å²) in [6.45, 7) is 3.43. The molecule has 2 aromatic heterocycles. The van der Waals surface area contributed by atoms with Gasteiger partial charge in [0.1, 0.15) is 12.7 Å². The van der Waals surface area contributed by atoms with Crippen LogP contribution in [-0.4, -0.2) is 23.5 Å². The highest BCUT2D eigenvalue weighted by molar-refractivity contribution is 7.93. The molecule has 2 heterocycles. The van der Waals surface area contributed by atoms with Crippen LogP contribution < -0.4 is 0 Å². The highest BCUT2D eigenvalue weighted by Gasteiger charge is 2.54. The first-order chi connectivity index (χ1) is 14.8. The van der Waals surface area contributed by atoms with E-state index in [2.05, 4.69) is 6.07 Å². The average molecular weight is 437 g/mol. The lowest BCUT2D eigenvalue weighted by atomic mass is 10.1. The molecule has 3 aromatic rings. The van der Waals surface area contributed by atoms with Crippen LogP contribution in [0.25, 0.3) is 5.52 Å². The molecular formula is C24H24N2O4S. The molecule has 1 aromatic carbocycles. The number of nitriles is 1. The van der Waals surface area contributed by atoms with Crippen LogP contribution in [0, 0.1) is 25.2 Å². The molecule has 160 valence electrons. The summed E-state index contributed by atoms with van der Waals surface area (Å²) < 4.78 is 33.2. The lowest BCUT2D eigenvalue weighted by Crippen LogP contribution is -2.45. The van der Waals surface area contributed by atoms with Gasteiger partial charge in [0.2, 0.25) is 0 Å². The van der Waals surface area contributed by atoms with Crippen LogP contribution in [-0.2, 0) is 26.0 Å². The number of pyridine rings is 1. The molecule has 1 aliphatic carbocycles. The van der Waals surface area contributed by atoms with Gasteiger partial charge in [-0.3, -0.25) is 4.79 Å². The molecule has 4 rings (SSSR count). The van der Waals surface area contributed by atoms with E-state index in [4.69, 9.17) is 4.74 Å². The topological polar surface area (TPSA) is 88.6 Å². The predicted octanol–water partition coefficient (Wildman–Crippen LogP) is 4.26. The number of fused-ring (bicyclic) bond motifs is 1. The van der Waals surface area contributed by atoms with Gasteiger partial charge < -0.3 is 9.14 Å². The zero-order valence-electron chi connectivity index (χ0n) is 17.6. The minimum absolute atomic E-state index is 0.145. The summed E-state index contributed by atoms with van der Waals surface area (Å²) in [5, 5.41) is 9.57. The maximum Gasteiger partial charge on any atom is 0.328 e. The van der Waals surface area contributed by atoms with E-state index in [1.807, 2.05) is 37.4 Å². The van der Waals surface area contributed by atoms with E-state index in [0.29, 0.717) is 29.5 Å². The fourth-order valence-corrected chi connectivity index (χ4v) is 6.79. The molecule has 6 nitrogen and oxygen atoms in total. The summed E-state index contributed by atoms with van der Waals surface area (Å²) in [5.74, 6) is -0.731. The van der Waals surface area contributed by atoms with Gasteiger partial charge in [-0.1, -0.05) is 31.0 Å². The van der Waals surface area contributed by atoms with Gasteiger partial charge in [-0.05, 0) is 56.0 Å². The summed E-state index contributed by atoms with van der Waals surface area (Å²) in [6, 6.07) is 12.9. The van der Waals surface area contributed by atoms with E-state index in [1.54, 1.807) is 29.7 Å². The second-order valence-corrected chi connectivity index (χ2v) is 10.4. The molecule has 0 aliphatic heterocycles. The second kappa shape index (κ2) is 7.86. The van der Waals surface area contributed by atoms with Crippen molar-refractivity contribution in [2.75, 3.05) is 0 Å². The number of rotatable bonds is 5. The molecule has 0 atom stereocenters. The molecule has 0 amide bonds. The highest BCUT2D eigenvalue weighted by Crippen LogP contribution is 2.42. The molecule has 7 heteroatoms. The van der Waals surface area contributed by atoms with Crippen LogP contribution in [0.5, 0.6) is 0 Å². The molecule has 0 saturated heterocycles. The molecule has 1 saturated carbocycles. The van der Waals surface area contributed by atoms with Crippen LogP contribution in [0.4, 0.5) is 0 Å². The Labute approximate surface area is 182 Å². The van der Waals surface area contributed by atoms with Crippen molar-refractivity contribution in [2.45, 2.75) is 55.8 Å². The van der Waals surface area contributed by atoms with Gasteiger partial charge in [0, 0.05) is 18.0 Å². The third-order valence-corrected chi connectivity index (χ3v) is 8.79. The summed E-state index contributed by atoms with van der Waals surface area (Å²) in [4.78, 5) is 13.5. The minimum atomic E-state index is -3.94. The van der Waals surface area contributed by atoms with Crippen molar-refractivity contribution in [2.24, 2.45) is 0 Å². The summed E-state index contributed by atoms with van der Waals surface area (Å²) in [7, 11) is -3.94. The Morgan fingerprint density at radius 3 is 2.65 bits per heavy atom. The van der Waals surface area contributed by atoms with Gasteiger partial charge in [0.25, 0.3) is 0 Å². The van der Waals surface area contributed by atoms with Crippen LogP contribution in [0.3, 0.4) is 0 Å². The smallest absolute Gasteiger partial charge is 0.328 e. The molecule has 0 bridgehead atoms. The van der Waals surface area contributed by atoms with Crippen molar-refractivity contribution in [1.82, 2.24) is 4.40 Å². The second-order valence-electron chi connectivity index (χ2n) is 8.18. The Hall–Kier alpha value is -3.11. The standard InChI is InChI=1S/C24H24N2O4S/c1-17-8-9-18(2)22(13-17)31(28,29)24(10-4-5-11-24)23(27)30-16-19-15-26-12-6-3-7-21(26)20(19)14-25/h3,6-9,12-13,15H,4-5,10-11,16H2,1-2H3. The fourth-order valence-electron chi connectivity index (χ4n) is 4.43. The summed E-state index contributed by atoms with van der Waals surface area (Å²) in [6.07, 6.45) is 5.33. The van der Waals surface area contributed by atoms with Crippen LogP contribution in [0.15, 0.2) is 53.7 Å². The van der Waals surface area contributed by atoms with Gasteiger partial charge in [0.15, 0.2) is 14.6 Å². The zero-order chi connectivity index (χ0) is 22.2. The molecule has 0 radical (unpaired) electrons. The monoisotopic (exact) mass is 436 g/mol. The van der Waals surface area contributed by atoms with Gasteiger partial charge in [-0.15, -0.1) is 0 Å². The van der Waals surface area contributed by atoms with Crippen molar-refractivity contribution >= 4 is 21.3 Å². The Morgan fingerprint density at radius 1 is 1.19 bits per heavy atom. The van der Waals surface area contributed by atoms with Crippen molar-refractivity contribution in [3.63, 3.8) is 0 Å². The molecule has 0 spiro atoms. The fraction of sp³-hybridized carbons (Fsp3) is 0.333. The van der Waals surface area contributed by atoms with Crippen LogP contribution in [0.2, 0.25) is 0 Å². The largest absolute Gasteiger partial charge is 0.460 e. The van der Waals surface area contributed by atoms with Gasteiger partial charge in [-0.25, -0.2) is 8.42 Å². The maximum atomic E-state index is 13.7. The lowest BCUT2D eigenvalue weighted by molar-refractivity contribution is -0.148. The normalized spacial score (nSPS) is 15.6. The number of carbonyl (C=O) groups excluding carboxylic acids is 1. The molecule has 1 fully saturated rings. The number of carbonyl (C=O) groups is 1. The lowest BCUT2D eigenvalue weighted by Gasteiger charge is -2.27. The SMILES string of the molecule is Cc1ccc(C)c(S(=O)(=O)C2(C(=O)OCc3cn4ccccc4c3C#N)CCCC2)c1. The molecular weight excluding hydrogens is 412 g/mol. The van der Waals surface area contributed by atoms with Gasteiger partial charge >= 0.3 is 5.97 Å². The number of esters is 1. The number of benzene rings is 1. The third-order valence-electron chi connectivity index (χ3n) is 6.16. The van der Waals surface area contributed by atoms with Crippen molar-refractivity contribution in [3.8, 4) is 6.07 Å². The number of ether oxygens (including phenoxy) is 1. The summed E-state index contributed by atoms with van der Waals surface area (Å²) in [5.41, 5.74) is 3.14. The number of aromatic nitrogens is 1. The number of nitrogens with zero attached hydrogens (tertiary/aromatic N) is 2. The molecule has 1 aliphatic rings. The minimum Gasteiger partial charge on any atom is -0.460 e. The Morgan fingerprint density at radius 2 is 1.94 bits per heavy atom. The van der Waals surface area contributed by atoms with Crippen molar-refractivity contribution < 1.29 is 17.9 Å². The first-order valence-corrected chi connectivity index (χ1v) is 11.8. The van der Waals surface area contributed by atoms with E-state index in [-0.39, 0.29) is 24.3 Å². The van der Waals surface area contributed by atoms with Gasteiger partial charge in [0.05, 0.1) is 16.0 Å². The molecule has 0 N–H and O–H groups in total. The van der Waals surface area contributed by atoms with Gasteiger partial charge in [-0.2, -0.15) is 5.26 Å². The summed E-state index contributed by atoms with van der Waals surface area (Å²) >= 11 is 0. The number of sulfone groups is 1. The Balaban J connectivity index is 1.67. The van der Waals surface area contributed by atoms with Crippen molar-refractivity contribution in [3.05, 3.63) is 71.0 Å². The number of aryl methyl sites for hydroxylation is 2. The van der Waals surface area contributed by atoms with E-state index in [1.165, 1.54) is 0 Å². The van der Waals surface area contributed by atoms with Crippen LogP contribution in [0.1, 0.15) is 47.9 Å². The first kappa shape index (κ1) is 21.1. The zero-order valence-corrected chi connectivity index (χ0v) is 18.4. The molecule has 31 heavy (non-hydrogen) atoms. The van der Waals surface area contributed by atoms with E-state index in [9.17, 15) is 18.5 Å². The molecule has 0 unspecified atom stereocenters. The van der Waals surface area contributed by atoms with E-state index in [0.717, 1.165) is 11.1 Å². The number of hydrogen-bond acceptors (Lipinski definition) is 5. The first-order valence-electron chi connectivity index (χ1n) is 10.3. The maximum absolute atomic E-state index is 13.7. The highest BCUT2D eigenvalue weighted by atomic mass is 32.2. The number of hydrogen-bond donors (Lipinski definition) is 0. The average Bonchev–Trinajstić information content (AvgIpc) is 3.39. The quantitative estimate of drug-likeness (QED) is 0.558. The van der Waals surface area contributed by atoms with E-state index >= 15 is 0 Å². The predicted molar refractivity (Wildman–Crippen MR) is 116 cm³/mol. The Bertz CT molecular complexity index is 1310. The Kier molecular flexibility index (Phi) is 5.36. The van der Waals surface area contributed by atoms with Crippen LogP contribution >= 0.6 is 0 Å². The third kappa shape index (κ3) is 3.41.